The molecular weight excluding hydrogens is 288 g/mol. The number of benzene rings is 1. The van der Waals surface area contributed by atoms with E-state index in [0.717, 1.165) is 10.9 Å². The third-order valence-corrected chi connectivity index (χ3v) is 3.82. The van der Waals surface area contributed by atoms with E-state index in [0.29, 0.717) is 6.61 Å². The molecule has 0 aliphatic carbocycles. The first kappa shape index (κ1) is 15.7. The SMILES string of the molecule is OCCCCCCCCCCc1ccc(Br)cc1. The van der Waals surface area contributed by atoms with Gasteiger partial charge in [-0.3, -0.25) is 0 Å². The van der Waals surface area contributed by atoms with E-state index in [-0.39, 0.29) is 0 Å². The zero-order valence-corrected chi connectivity index (χ0v) is 12.8. The van der Waals surface area contributed by atoms with Gasteiger partial charge in [-0.25, -0.2) is 0 Å². The van der Waals surface area contributed by atoms with Gasteiger partial charge in [-0.05, 0) is 37.0 Å². The molecule has 0 unspecified atom stereocenters. The molecule has 1 aromatic carbocycles. The highest BCUT2D eigenvalue weighted by atomic mass is 79.9. The Morgan fingerprint density at radius 1 is 0.722 bits per heavy atom. The van der Waals surface area contributed by atoms with Gasteiger partial charge in [-0.1, -0.05) is 66.6 Å². The zero-order valence-electron chi connectivity index (χ0n) is 11.2. The van der Waals surface area contributed by atoms with E-state index in [1.165, 1.54) is 56.9 Å². The Morgan fingerprint density at radius 2 is 1.22 bits per heavy atom. The number of hydrogen-bond acceptors (Lipinski definition) is 1. The molecule has 2 heteroatoms. The maximum absolute atomic E-state index is 8.66. The van der Waals surface area contributed by atoms with Crippen LogP contribution in [0.4, 0.5) is 0 Å². The molecule has 0 heterocycles. The van der Waals surface area contributed by atoms with E-state index in [9.17, 15) is 0 Å². The number of aliphatic hydroxyl groups is 1. The molecule has 0 spiro atoms. The third kappa shape index (κ3) is 7.88. The van der Waals surface area contributed by atoms with Crippen LogP contribution in [0.2, 0.25) is 0 Å². The third-order valence-electron chi connectivity index (χ3n) is 3.29. The van der Waals surface area contributed by atoms with Crippen LogP contribution in [0.3, 0.4) is 0 Å². The summed E-state index contributed by atoms with van der Waals surface area (Å²) in [5, 5.41) is 8.66. The van der Waals surface area contributed by atoms with Gasteiger partial charge in [0, 0.05) is 11.1 Å². The molecule has 1 aromatic rings. The summed E-state index contributed by atoms with van der Waals surface area (Å²) in [5.74, 6) is 0. The van der Waals surface area contributed by atoms with Gasteiger partial charge >= 0.3 is 0 Å². The number of rotatable bonds is 10. The highest BCUT2D eigenvalue weighted by molar-refractivity contribution is 9.10. The predicted octanol–water partition coefficient (Wildman–Crippen LogP) is 5.10. The maximum Gasteiger partial charge on any atom is 0.0431 e. The molecule has 0 atom stereocenters. The molecule has 0 saturated heterocycles. The van der Waals surface area contributed by atoms with Crippen molar-refractivity contribution < 1.29 is 5.11 Å². The molecule has 0 radical (unpaired) electrons. The molecular formula is C16H25BrO. The average Bonchev–Trinajstić information content (AvgIpc) is 2.39. The lowest BCUT2D eigenvalue weighted by Gasteiger charge is -2.03. The fourth-order valence-electron chi connectivity index (χ4n) is 2.15. The highest BCUT2D eigenvalue weighted by Gasteiger charge is 1.95. The van der Waals surface area contributed by atoms with Crippen LogP contribution >= 0.6 is 15.9 Å². The Morgan fingerprint density at radius 3 is 1.78 bits per heavy atom. The minimum atomic E-state index is 0.354. The summed E-state index contributed by atoms with van der Waals surface area (Å²) in [6, 6.07) is 8.66. The Labute approximate surface area is 120 Å². The van der Waals surface area contributed by atoms with Crippen molar-refractivity contribution in [2.75, 3.05) is 6.61 Å². The molecule has 1 N–H and O–H groups in total. The van der Waals surface area contributed by atoms with Crippen LogP contribution in [0.25, 0.3) is 0 Å². The van der Waals surface area contributed by atoms with Gasteiger partial charge in [0.15, 0.2) is 0 Å². The van der Waals surface area contributed by atoms with Gasteiger partial charge in [-0.15, -0.1) is 0 Å². The molecule has 0 saturated carbocycles. The first-order chi connectivity index (χ1) is 8.83. The smallest absolute Gasteiger partial charge is 0.0431 e. The number of hydrogen-bond donors (Lipinski definition) is 1. The molecule has 0 aliphatic rings. The molecule has 0 bridgehead atoms. The first-order valence-electron chi connectivity index (χ1n) is 7.18. The monoisotopic (exact) mass is 312 g/mol. The van der Waals surface area contributed by atoms with Crippen LogP contribution in [0.5, 0.6) is 0 Å². The lowest BCUT2D eigenvalue weighted by Crippen LogP contribution is -1.87. The van der Waals surface area contributed by atoms with Gasteiger partial charge in [0.05, 0.1) is 0 Å². The molecule has 102 valence electrons. The topological polar surface area (TPSA) is 20.2 Å². The van der Waals surface area contributed by atoms with E-state index in [4.69, 9.17) is 5.11 Å². The van der Waals surface area contributed by atoms with Crippen molar-refractivity contribution in [1.29, 1.82) is 0 Å². The molecule has 0 fully saturated rings. The Hall–Kier alpha value is -0.340. The summed E-state index contributed by atoms with van der Waals surface area (Å²) >= 11 is 3.46. The highest BCUT2D eigenvalue weighted by Crippen LogP contribution is 2.14. The quantitative estimate of drug-likeness (QED) is 0.595. The summed E-state index contributed by atoms with van der Waals surface area (Å²) in [6.45, 7) is 0.354. The van der Waals surface area contributed by atoms with Crippen LogP contribution in [-0.2, 0) is 6.42 Å². The van der Waals surface area contributed by atoms with Crippen molar-refractivity contribution in [2.24, 2.45) is 0 Å². The second kappa shape index (κ2) is 10.6. The van der Waals surface area contributed by atoms with Crippen molar-refractivity contribution in [3.05, 3.63) is 34.3 Å². The summed E-state index contributed by atoms with van der Waals surface area (Å²) in [5.41, 5.74) is 1.45. The number of aliphatic hydroxyl groups excluding tert-OH is 1. The van der Waals surface area contributed by atoms with E-state index >= 15 is 0 Å². The van der Waals surface area contributed by atoms with Gasteiger partial charge < -0.3 is 5.11 Å². The minimum Gasteiger partial charge on any atom is -0.396 e. The van der Waals surface area contributed by atoms with Crippen LogP contribution in [0.1, 0.15) is 56.9 Å². The van der Waals surface area contributed by atoms with E-state index in [2.05, 4.69) is 40.2 Å². The normalized spacial score (nSPS) is 10.8. The fraction of sp³-hybridized carbons (Fsp3) is 0.625. The van der Waals surface area contributed by atoms with Gasteiger partial charge in [0.1, 0.15) is 0 Å². The van der Waals surface area contributed by atoms with Gasteiger partial charge in [-0.2, -0.15) is 0 Å². The van der Waals surface area contributed by atoms with Crippen LogP contribution in [-0.4, -0.2) is 11.7 Å². The Bertz CT molecular complexity index is 294. The van der Waals surface area contributed by atoms with E-state index in [1.54, 1.807) is 0 Å². The number of halogens is 1. The first-order valence-corrected chi connectivity index (χ1v) is 7.97. The predicted molar refractivity (Wildman–Crippen MR) is 81.9 cm³/mol. The molecule has 1 rings (SSSR count). The Kier molecular flexibility index (Phi) is 9.23. The number of aryl methyl sites for hydroxylation is 1. The summed E-state index contributed by atoms with van der Waals surface area (Å²) in [6.07, 6.45) is 11.3. The lowest BCUT2D eigenvalue weighted by molar-refractivity contribution is 0.282. The van der Waals surface area contributed by atoms with Crippen molar-refractivity contribution >= 4 is 15.9 Å². The summed E-state index contributed by atoms with van der Waals surface area (Å²) in [7, 11) is 0. The molecule has 0 amide bonds. The largest absolute Gasteiger partial charge is 0.396 e. The van der Waals surface area contributed by atoms with Crippen LogP contribution < -0.4 is 0 Å². The number of unbranched alkanes of at least 4 members (excludes halogenated alkanes) is 7. The lowest BCUT2D eigenvalue weighted by atomic mass is 10.0. The van der Waals surface area contributed by atoms with E-state index < -0.39 is 0 Å². The minimum absolute atomic E-state index is 0.354. The van der Waals surface area contributed by atoms with Crippen molar-refractivity contribution in [3.63, 3.8) is 0 Å². The average molecular weight is 313 g/mol. The summed E-state index contributed by atoms with van der Waals surface area (Å²) < 4.78 is 1.16. The fourth-order valence-corrected chi connectivity index (χ4v) is 2.42. The molecule has 0 aliphatic heterocycles. The summed E-state index contributed by atoms with van der Waals surface area (Å²) in [4.78, 5) is 0. The Balaban J connectivity index is 1.91. The zero-order chi connectivity index (χ0) is 13.1. The molecule has 1 nitrogen and oxygen atoms in total. The standard InChI is InChI=1S/C16H25BrO/c17-16-12-10-15(11-13-16)9-7-5-3-1-2-4-6-8-14-18/h10-13,18H,1-9,14H2. The van der Waals surface area contributed by atoms with Crippen LogP contribution in [0, 0.1) is 0 Å². The van der Waals surface area contributed by atoms with Crippen molar-refractivity contribution in [2.45, 2.75) is 57.8 Å². The second-order valence-electron chi connectivity index (χ2n) is 4.93. The maximum atomic E-state index is 8.66. The molecule has 18 heavy (non-hydrogen) atoms. The van der Waals surface area contributed by atoms with E-state index in [1.807, 2.05) is 0 Å². The van der Waals surface area contributed by atoms with Crippen molar-refractivity contribution in [1.82, 2.24) is 0 Å². The van der Waals surface area contributed by atoms with Crippen molar-refractivity contribution in [3.8, 4) is 0 Å². The second-order valence-corrected chi connectivity index (χ2v) is 5.84. The van der Waals surface area contributed by atoms with Gasteiger partial charge in [0.25, 0.3) is 0 Å². The van der Waals surface area contributed by atoms with Gasteiger partial charge in [0.2, 0.25) is 0 Å². The van der Waals surface area contributed by atoms with Crippen LogP contribution in [0.15, 0.2) is 28.7 Å². The molecule has 0 aromatic heterocycles.